The van der Waals surface area contributed by atoms with Gasteiger partial charge in [-0.05, 0) is 19.3 Å². The van der Waals surface area contributed by atoms with E-state index in [0.29, 0.717) is 18.0 Å². The van der Waals surface area contributed by atoms with Gasteiger partial charge < -0.3 is 4.57 Å². The number of nitrogens with one attached hydrogen (secondary N) is 1. The van der Waals surface area contributed by atoms with Crippen molar-refractivity contribution in [3.05, 3.63) is 32.6 Å². The van der Waals surface area contributed by atoms with Crippen molar-refractivity contribution in [3.8, 4) is 0 Å². The molecular weight excluding hydrogens is 204 g/mol. The van der Waals surface area contributed by atoms with E-state index in [1.165, 1.54) is 6.42 Å². The van der Waals surface area contributed by atoms with Gasteiger partial charge in [0.1, 0.15) is 0 Å². The van der Waals surface area contributed by atoms with E-state index in [1.54, 1.807) is 17.7 Å². The predicted molar refractivity (Wildman–Crippen MR) is 64.7 cm³/mol. The van der Waals surface area contributed by atoms with E-state index in [9.17, 15) is 9.59 Å². The Morgan fingerprint density at radius 2 is 2.00 bits per heavy atom. The minimum absolute atomic E-state index is 0.288. The lowest BCUT2D eigenvalue weighted by Gasteiger charge is -2.07. The highest BCUT2D eigenvalue weighted by molar-refractivity contribution is 5.00. The largest absolute Gasteiger partial charge is 0.328 e. The summed E-state index contributed by atoms with van der Waals surface area (Å²) in [6.07, 6.45) is 4.90. The van der Waals surface area contributed by atoms with Gasteiger partial charge >= 0.3 is 5.69 Å². The number of aryl methyl sites for hydroxylation is 2. The second-order valence-electron chi connectivity index (χ2n) is 4.65. The maximum Gasteiger partial charge on any atom is 0.328 e. The molecule has 0 aliphatic rings. The van der Waals surface area contributed by atoms with E-state index < -0.39 is 0 Å². The van der Waals surface area contributed by atoms with E-state index >= 15 is 0 Å². The maximum atomic E-state index is 11.4. The molecule has 1 heterocycles. The molecule has 0 fully saturated rings. The Labute approximate surface area is 95.3 Å². The number of unbranched alkanes of at least 4 members (excludes halogenated alkanes) is 1. The van der Waals surface area contributed by atoms with Crippen LogP contribution in [0.15, 0.2) is 15.8 Å². The molecule has 1 aromatic heterocycles. The van der Waals surface area contributed by atoms with E-state index in [1.807, 2.05) is 0 Å². The number of aromatic amines is 1. The third kappa shape index (κ3) is 3.68. The molecule has 0 unspecified atom stereocenters. The van der Waals surface area contributed by atoms with Crippen LogP contribution in [0.1, 0.15) is 38.7 Å². The first kappa shape index (κ1) is 12.7. The topological polar surface area (TPSA) is 54.9 Å². The van der Waals surface area contributed by atoms with Crippen molar-refractivity contribution < 1.29 is 0 Å². The molecule has 0 aliphatic heterocycles. The third-order valence-corrected chi connectivity index (χ3v) is 2.62. The Morgan fingerprint density at radius 1 is 1.31 bits per heavy atom. The second-order valence-corrected chi connectivity index (χ2v) is 4.65. The number of hydrogen-bond donors (Lipinski definition) is 1. The highest BCUT2D eigenvalue weighted by atomic mass is 16.2. The average Bonchev–Trinajstić information content (AvgIpc) is 2.19. The Morgan fingerprint density at radius 3 is 2.62 bits per heavy atom. The van der Waals surface area contributed by atoms with E-state index in [4.69, 9.17) is 0 Å². The quantitative estimate of drug-likeness (QED) is 0.773. The SMILES string of the molecule is Cc1cn(CCCCC(C)C)c(=O)[nH]c1=O. The van der Waals surface area contributed by atoms with Crippen LogP contribution in [-0.2, 0) is 6.54 Å². The Bertz CT molecular complexity index is 443. The fourth-order valence-electron chi connectivity index (χ4n) is 1.62. The van der Waals surface area contributed by atoms with Gasteiger partial charge in [-0.15, -0.1) is 0 Å². The van der Waals surface area contributed by atoms with Crippen LogP contribution in [0, 0.1) is 12.8 Å². The second kappa shape index (κ2) is 5.68. The van der Waals surface area contributed by atoms with Crippen molar-refractivity contribution >= 4 is 0 Å². The molecule has 16 heavy (non-hydrogen) atoms. The molecule has 1 N–H and O–H groups in total. The van der Waals surface area contributed by atoms with Crippen LogP contribution in [0.5, 0.6) is 0 Å². The molecule has 0 saturated heterocycles. The molecule has 4 heteroatoms. The van der Waals surface area contributed by atoms with Gasteiger partial charge in [-0.1, -0.05) is 26.7 Å². The number of nitrogens with zero attached hydrogens (tertiary/aromatic N) is 1. The van der Waals surface area contributed by atoms with Crippen LogP contribution in [0.2, 0.25) is 0 Å². The van der Waals surface area contributed by atoms with Gasteiger partial charge in [-0.3, -0.25) is 9.78 Å². The number of rotatable bonds is 5. The molecule has 0 amide bonds. The van der Waals surface area contributed by atoms with E-state index in [-0.39, 0.29) is 11.2 Å². The van der Waals surface area contributed by atoms with Gasteiger partial charge in [0.05, 0.1) is 0 Å². The summed E-state index contributed by atoms with van der Waals surface area (Å²) in [5.74, 6) is 0.703. The lowest BCUT2D eigenvalue weighted by molar-refractivity contribution is 0.500. The first-order valence-electron chi connectivity index (χ1n) is 5.81. The predicted octanol–water partition coefficient (Wildman–Crippen LogP) is 1.67. The van der Waals surface area contributed by atoms with Crippen LogP contribution < -0.4 is 11.2 Å². The van der Waals surface area contributed by atoms with Crippen LogP contribution in [0.3, 0.4) is 0 Å². The summed E-state index contributed by atoms with van der Waals surface area (Å²) < 4.78 is 1.58. The summed E-state index contributed by atoms with van der Waals surface area (Å²) in [6, 6.07) is 0. The zero-order valence-electron chi connectivity index (χ0n) is 10.2. The van der Waals surface area contributed by atoms with E-state index in [0.717, 1.165) is 12.8 Å². The van der Waals surface area contributed by atoms with Crippen molar-refractivity contribution in [1.82, 2.24) is 9.55 Å². The molecule has 0 radical (unpaired) electrons. The monoisotopic (exact) mass is 224 g/mol. The summed E-state index contributed by atoms with van der Waals surface area (Å²) in [7, 11) is 0. The van der Waals surface area contributed by atoms with Crippen LogP contribution in [0.4, 0.5) is 0 Å². The Kier molecular flexibility index (Phi) is 4.52. The molecule has 1 rings (SSSR count). The standard InChI is InChI=1S/C12H20N2O2/c1-9(2)6-4-5-7-14-8-10(3)11(15)13-12(14)16/h8-9H,4-7H2,1-3H3,(H,13,15,16). The molecular formula is C12H20N2O2. The fraction of sp³-hybridized carbons (Fsp3) is 0.667. The average molecular weight is 224 g/mol. The summed E-state index contributed by atoms with van der Waals surface area (Å²) in [5, 5.41) is 0. The van der Waals surface area contributed by atoms with Gasteiger partial charge in [0.15, 0.2) is 0 Å². The number of hydrogen-bond acceptors (Lipinski definition) is 2. The first-order chi connectivity index (χ1) is 7.50. The highest BCUT2D eigenvalue weighted by Crippen LogP contribution is 2.06. The van der Waals surface area contributed by atoms with Gasteiger partial charge in [-0.25, -0.2) is 4.79 Å². The van der Waals surface area contributed by atoms with Crippen molar-refractivity contribution in [2.75, 3.05) is 0 Å². The lowest BCUT2D eigenvalue weighted by atomic mass is 10.1. The van der Waals surface area contributed by atoms with E-state index in [2.05, 4.69) is 18.8 Å². The molecule has 0 aromatic carbocycles. The molecule has 0 spiro atoms. The van der Waals surface area contributed by atoms with Gasteiger partial charge in [0.25, 0.3) is 5.56 Å². The van der Waals surface area contributed by atoms with Gasteiger partial charge in [0, 0.05) is 18.3 Å². The van der Waals surface area contributed by atoms with Crippen molar-refractivity contribution in [1.29, 1.82) is 0 Å². The minimum atomic E-state index is -0.305. The Hall–Kier alpha value is -1.32. The molecule has 0 atom stereocenters. The normalized spacial score (nSPS) is 11.0. The fourth-order valence-corrected chi connectivity index (χ4v) is 1.62. The number of H-pyrrole nitrogens is 1. The third-order valence-electron chi connectivity index (χ3n) is 2.62. The van der Waals surface area contributed by atoms with Crippen LogP contribution >= 0.6 is 0 Å². The van der Waals surface area contributed by atoms with Crippen LogP contribution in [0.25, 0.3) is 0 Å². The molecule has 4 nitrogen and oxygen atoms in total. The smallest absolute Gasteiger partial charge is 0.300 e. The summed E-state index contributed by atoms with van der Waals surface area (Å²) in [6.45, 7) is 6.78. The van der Waals surface area contributed by atoms with Crippen molar-refractivity contribution in [3.63, 3.8) is 0 Å². The number of aromatic nitrogens is 2. The maximum absolute atomic E-state index is 11.4. The zero-order valence-corrected chi connectivity index (χ0v) is 10.2. The lowest BCUT2D eigenvalue weighted by Crippen LogP contribution is -2.30. The van der Waals surface area contributed by atoms with Crippen molar-refractivity contribution in [2.45, 2.75) is 46.6 Å². The summed E-state index contributed by atoms with van der Waals surface area (Å²) >= 11 is 0. The highest BCUT2D eigenvalue weighted by Gasteiger charge is 2.00. The molecule has 0 saturated carbocycles. The zero-order chi connectivity index (χ0) is 12.1. The molecule has 90 valence electrons. The minimum Gasteiger partial charge on any atom is -0.300 e. The summed E-state index contributed by atoms with van der Waals surface area (Å²) in [4.78, 5) is 24.9. The van der Waals surface area contributed by atoms with Gasteiger partial charge in [-0.2, -0.15) is 0 Å². The summed E-state index contributed by atoms with van der Waals surface area (Å²) in [5.41, 5.74) is -0.00737. The van der Waals surface area contributed by atoms with Crippen molar-refractivity contribution in [2.24, 2.45) is 5.92 Å². The Balaban J connectivity index is 2.58. The molecule has 1 aromatic rings. The van der Waals surface area contributed by atoms with Gasteiger partial charge in [0.2, 0.25) is 0 Å². The molecule has 0 aliphatic carbocycles. The van der Waals surface area contributed by atoms with Crippen LogP contribution in [-0.4, -0.2) is 9.55 Å². The molecule has 0 bridgehead atoms. The first-order valence-corrected chi connectivity index (χ1v) is 5.81.